The number of carbonyl (C=O) groups excluding carboxylic acids is 2. The summed E-state index contributed by atoms with van der Waals surface area (Å²) in [5, 5.41) is 0. The number of benzene rings is 1. The fourth-order valence-corrected chi connectivity index (χ4v) is 6.65. The maximum absolute atomic E-state index is 12.9. The van der Waals surface area contributed by atoms with Crippen LogP contribution in [0.15, 0.2) is 12.1 Å². The minimum Gasteiger partial charge on any atom is -0.465 e. The van der Waals surface area contributed by atoms with Gasteiger partial charge in [-0.25, -0.2) is 4.79 Å². The average molecular weight is 781 g/mol. The van der Waals surface area contributed by atoms with Crippen LogP contribution in [0.4, 0.5) is 0 Å². The van der Waals surface area contributed by atoms with Crippen molar-refractivity contribution in [2.45, 2.75) is 181 Å². The first-order valence-corrected chi connectivity index (χ1v) is 21.9. The minimum atomic E-state index is -0.474. The van der Waals surface area contributed by atoms with Crippen LogP contribution < -0.4 is 14.2 Å². The van der Waals surface area contributed by atoms with E-state index >= 15 is 0 Å². The van der Waals surface area contributed by atoms with E-state index in [0.717, 1.165) is 44.9 Å². The minimum absolute atomic E-state index is 0.0163. The van der Waals surface area contributed by atoms with Crippen LogP contribution in [0.2, 0.25) is 0 Å². The van der Waals surface area contributed by atoms with Gasteiger partial charge >= 0.3 is 11.9 Å². The van der Waals surface area contributed by atoms with E-state index in [0.29, 0.717) is 25.6 Å². The lowest BCUT2D eigenvalue weighted by molar-refractivity contribution is -0.145. The molecule has 1 rings (SSSR count). The summed E-state index contributed by atoms with van der Waals surface area (Å²) in [6.45, 7) is 5.36. The zero-order valence-corrected chi connectivity index (χ0v) is 35.7. The Balaban J connectivity index is 2.25. The Morgan fingerprint density at radius 1 is 0.509 bits per heavy atom. The summed E-state index contributed by atoms with van der Waals surface area (Å²) >= 11 is 0. The quantitative estimate of drug-likeness (QED) is 0.0363. The van der Waals surface area contributed by atoms with Crippen LogP contribution in [0, 0.1) is 5.92 Å². The Hall–Kier alpha value is -2.56. The topological polar surface area (TPSA) is 108 Å². The van der Waals surface area contributed by atoms with Gasteiger partial charge in [0.1, 0.15) is 0 Å². The highest BCUT2D eigenvalue weighted by atomic mass is 16.7. The van der Waals surface area contributed by atoms with Crippen molar-refractivity contribution in [1.29, 1.82) is 0 Å². The van der Waals surface area contributed by atoms with Crippen LogP contribution in [0.1, 0.15) is 191 Å². The number of methoxy groups -OCH3 is 3. The lowest BCUT2D eigenvalue weighted by atomic mass is 9.94. The SMILES string of the molecule is CCCCCCCCCCC(CCCCCCCC)COC(=O)CCCCCCCCCCCOC(=O)c1cc(OCOC)c(OCOC)c(OCOC)c1. The highest BCUT2D eigenvalue weighted by Crippen LogP contribution is 2.39. The smallest absolute Gasteiger partial charge is 0.338 e. The normalized spacial score (nSPS) is 11.7. The van der Waals surface area contributed by atoms with Crippen LogP contribution in [-0.2, 0) is 28.5 Å². The molecule has 10 heteroatoms. The van der Waals surface area contributed by atoms with Crippen molar-refractivity contribution < 1.29 is 47.5 Å². The molecule has 10 nitrogen and oxygen atoms in total. The summed E-state index contributed by atoms with van der Waals surface area (Å²) in [6.07, 6.45) is 31.0. The average Bonchev–Trinajstić information content (AvgIpc) is 3.19. The Morgan fingerprint density at radius 2 is 0.927 bits per heavy atom. The van der Waals surface area contributed by atoms with Crippen LogP contribution in [0.25, 0.3) is 0 Å². The molecule has 1 aromatic carbocycles. The van der Waals surface area contributed by atoms with E-state index in [1.54, 1.807) is 12.1 Å². The van der Waals surface area contributed by atoms with Crippen molar-refractivity contribution in [3.05, 3.63) is 17.7 Å². The highest BCUT2D eigenvalue weighted by Gasteiger charge is 2.20. The molecule has 1 atom stereocenters. The molecular formula is C45H80O10. The van der Waals surface area contributed by atoms with Gasteiger partial charge in [0.2, 0.25) is 5.75 Å². The molecule has 0 heterocycles. The molecule has 0 aliphatic rings. The standard InChI is InChI=1S/C45H80O10/c1-6-8-10-12-14-18-22-26-30-39(29-25-21-13-11-9-7-2)35-52-43(46)31-27-23-19-16-15-17-20-24-28-32-51-45(47)40-33-41(53-36-48-3)44(55-38-50-5)42(34-40)54-37-49-4/h33-34,39H,6-32,35-38H2,1-5H3. The monoisotopic (exact) mass is 781 g/mol. The zero-order chi connectivity index (χ0) is 40.0. The van der Waals surface area contributed by atoms with E-state index in [2.05, 4.69) is 13.8 Å². The van der Waals surface area contributed by atoms with Gasteiger partial charge in [0.05, 0.1) is 18.8 Å². The van der Waals surface area contributed by atoms with Crippen molar-refractivity contribution in [3.8, 4) is 17.2 Å². The number of ether oxygens (including phenoxy) is 8. The molecule has 320 valence electrons. The number of unbranched alkanes of at least 4 members (excludes halogenated alkanes) is 20. The van der Waals surface area contributed by atoms with Gasteiger partial charge in [-0.3, -0.25) is 4.79 Å². The molecule has 0 saturated carbocycles. The molecule has 0 aliphatic heterocycles. The summed E-state index contributed by atoms with van der Waals surface area (Å²) in [6, 6.07) is 3.09. The zero-order valence-electron chi connectivity index (χ0n) is 35.7. The largest absolute Gasteiger partial charge is 0.465 e. The van der Waals surface area contributed by atoms with Crippen LogP contribution in [0.5, 0.6) is 17.2 Å². The molecule has 0 aliphatic carbocycles. The molecular weight excluding hydrogens is 700 g/mol. The Labute approximate surface area is 335 Å². The predicted octanol–water partition coefficient (Wildman–Crippen LogP) is 12.1. The van der Waals surface area contributed by atoms with E-state index in [1.165, 1.54) is 137 Å². The van der Waals surface area contributed by atoms with Crippen LogP contribution >= 0.6 is 0 Å². The molecule has 1 unspecified atom stereocenters. The number of hydrogen-bond donors (Lipinski definition) is 0. The molecule has 0 fully saturated rings. The van der Waals surface area contributed by atoms with Crippen molar-refractivity contribution in [3.63, 3.8) is 0 Å². The van der Waals surface area contributed by atoms with Crippen LogP contribution in [-0.4, -0.2) is 66.9 Å². The van der Waals surface area contributed by atoms with Gasteiger partial charge < -0.3 is 37.9 Å². The van der Waals surface area contributed by atoms with Crippen molar-refractivity contribution in [2.24, 2.45) is 5.92 Å². The molecule has 0 saturated heterocycles. The number of esters is 2. The van der Waals surface area contributed by atoms with Gasteiger partial charge in [0, 0.05) is 27.8 Å². The fraction of sp³-hybridized carbons (Fsp3) is 0.822. The van der Waals surface area contributed by atoms with Crippen LogP contribution in [0.3, 0.4) is 0 Å². The van der Waals surface area contributed by atoms with E-state index in [9.17, 15) is 9.59 Å². The third-order valence-corrected chi connectivity index (χ3v) is 9.91. The third-order valence-electron chi connectivity index (χ3n) is 9.91. The molecule has 1 aromatic rings. The van der Waals surface area contributed by atoms with Crippen molar-refractivity contribution >= 4 is 11.9 Å². The molecule has 0 N–H and O–H groups in total. The Bertz CT molecular complexity index is 1020. The molecule has 0 aromatic heterocycles. The molecule has 0 spiro atoms. The van der Waals surface area contributed by atoms with E-state index in [-0.39, 0.29) is 49.2 Å². The molecule has 0 radical (unpaired) electrons. The summed E-state index contributed by atoms with van der Waals surface area (Å²) in [7, 11) is 4.51. The van der Waals surface area contributed by atoms with Gasteiger partial charge in [-0.05, 0) is 43.7 Å². The second kappa shape index (κ2) is 37.0. The van der Waals surface area contributed by atoms with Crippen molar-refractivity contribution in [1.82, 2.24) is 0 Å². The second-order valence-corrected chi connectivity index (χ2v) is 14.9. The summed E-state index contributed by atoms with van der Waals surface area (Å²) in [5.74, 6) is 0.843. The number of carbonyl (C=O) groups is 2. The first-order valence-electron chi connectivity index (χ1n) is 21.9. The fourth-order valence-electron chi connectivity index (χ4n) is 6.65. The first-order chi connectivity index (χ1) is 27.0. The maximum atomic E-state index is 12.9. The third kappa shape index (κ3) is 27.6. The van der Waals surface area contributed by atoms with Gasteiger partial charge in [0.15, 0.2) is 31.9 Å². The predicted molar refractivity (Wildman–Crippen MR) is 220 cm³/mol. The summed E-state index contributed by atoms with van der Waals surface area (Å²) < 4.78 is 43.3. The highest BCUT2D eigenvalue weighted by molar-refractivity contribution is 5.91. The Kier molecular flexibility index (Phi) is 34.0. The Morgan fingerprint density at radius 3 is 1.40 bits per heavy atom. The summed E-state index contributed by atoms with van der Waals surface area (Å²) in [4.78, 5) is 25.4. The molecule has 55 heavy (non-hydrogen) atoms. The second-order valence-electron chi connectivity index (χ2n) is 14.9. The van der Waals surface area contributed by atoms with Crippen molar-refractivity contribution in [2.75, 3.05) is 54.9 Å². The van der Waals surface area contributed by atoms with E-state index in [1.807, 2.05) is 0 Å². The lowest BCUT2D eigenvalue weighted by Crippen LogP contribution is -2.14. The number of rotatable bonds is 40. The van der Waals surface area contributed by atoms with E-state index in [4.69, 9.17) is 37.9 Å². The lowest BCUT2D eigenvalue weighted by Gasteiger charge is -2.17. The molecule has 0 amide bonds. The van der Waals surface area contributed by atoms with Gasteiger partial charge in [0.25, 0.3) is 0 Å². The first kappa shape index (κ1) is 50.5. The van der Waals surface area contributed by atoms with Gasteiger partial charge in [-0.15, -0.1) is 0 Å². The van der Waals surface area contributed by atoms with Gasteiger partial charge in [-0.2, -0.15) is 0 Å². The number of hydrogen-bond acceptors (Lipinski definition) is 10. The molecule has 0 bridgehead atoms. The van der Waals surface area contributed by atoms with E-state index < -0.39 is 5.97 Å². The maximum Gasteiger partial charge on any atom is 0.338 e. The van der Waals surface area contributed by atoms with Gasteiger partial charge in [-0.1, -0.05) is 149 Å². The summed E-state index contributed by atoms with van der Waals surface area (Å²) in [5.41, 5.74) is 0.275.